The van der Waals surface area contributed by atoms with Crippen molar-refractivity contribution < 1.29 is 4.57 Å². The highest BCUT2D eigenvalue weighted by molar-refractivity contribution is 7.85. The molecule has 1 saturated carbocycles. The Labute approximate surface area is 434 Å². The van der Waals surface area contributed by atoms with Crippen LogP contribution in [0.5, 0.6) is 0 Å². The second-order valence-electron chi connectivity index (χ2n) is 19.4. The van der Waals surface area contributed by atoms with Gasteiger partial charge in [0.1, 0.15) is 0 Å². The average molecular weight is 972 g/mol. The zero-order valence-corrected chi connectivity index (χ0v) is 42.0. The molecule has 0 N–H and O–H groups in total. The van der Waals surface area contributed by atoms with Crippen molar-refractivity contribution in [3.05, 3.63) is 278 Å². The fraction of sp³-hybridized carbons (Fsp3) is 0.0870. The van der Waals surface area contributed by atoms with Gasteiger partial charge in [-0.1, -0.05) is 286 Å². The van der Waals surface area contributed by atoms with E-state index in [-0.39, 0.29) is 5.41 Å². The normalized spacial score (nSPS) is 13.3. The van der Waals surface area contributed by atoms with Gasteiger partial charge in [-0.2, -0.15) is 0 Å². The molecule has 5 heteroatoms. The summed E-state index contributed by atoms with van der Waals surface area (Å²) >= 11 is 0. The van der Waals surface area contributed by atoms with Crippen LogP contribution in [-0.4, -0.2) is 15.0 Å². The van der Waals surface area contributed by atoms with Crippen molar-refractivity contribution >= 4 is 23.1 Å². The van der Waals surface area contributed by atoms with Crippen LogP contribution in [0.2, 0.25) is 0 Å². The Morgan fingerprint density at radius 1 is 0.284 bits per heavy atom. The summed E-state index contributed by atoms with van der Waals surface area (Å²) in [4.78, 5) is 15.6. The highest BCUT2D eigenvalue weighted by Crippen LogP contribution is 2.47. The summed E-state index contributed by atoms with van der Waals surface area (Å²) in [5, 5.41) is 2.50. The Bertz CT molecular complexity index is 3680. The maximum atomic E-state index is 15.2. The summed E-state index contributed by atoms with van der Waals surface area (Å²) < 4.78 is 15.2. The van der Waals surface area contributed by atoms with Crippen molar-refractivity contribution in [3.63, 3.8) is 0 Å². The van der Waals surface area contributed by atoms with E-state index in [4.69, 9.17) is 15.0 Å². The van der Waals surface area contributed by atoms with E-state index in [1.165, 1.54) is 34.2 Å². The van der Waals surface area contributed by atoms with Crippen LogP contribution < -0.4 is 15.9 Å². The third kappa shape index (κ3) is 9.15. The predicted molar refractivity (Wildman–Crippen MR) is 308 cm³/mol. The fourth-order valence-electron chi connectivity index (χ4n) is 11.0. The molecule has 0 radical (unpaired) electrons. The largest absolute Gasteiger partial charge is 0.309 e. The molecule has 10 aromatic carbocycles. The van der Waals surface area contributed by atoms with E-state index in [2.05, 4.69) is 200 Å². The lowest BCUT2D eigenvalue weighted by molar-refractivity contribution is 0.346. The second kappa shape index (κ2) is 20.5. The third-order valence-corrected chi connectivity index (χ3v) is 18.0. The number of hydrogen-bond donors (Lipinski definition) is 0. The van der Waals surface area contributed by atoms with E-state index in [1.807, 2.05) is 66.7 Å². The molecule has 0 amide bonds. The maximum absolute atomic E-state index is 15.2. The highest BCUT2D eigenvalue weighted by atomic mass is 31.2. The zero-order chi connectivity index (χ0) is 49.7. The molecular formula is C69H54N3OP. The summed E-state index contributed by atoms with van der Waals surface area (Å²) in [5.41, 5.74) is 14.5. The molecule has 1 aliphatic rings. The minimum Gasteiger partial charge on any atom is -0.309 e. The van der Waals surface area contributed by atoms with Crippen LogP contribution in [0.1, 0.15) is 43.2 Å². The number of rotatable bonds is 12. The van der Waals surface area contributed by atoms with Gasteiger partial charge in [-0.15, -0.1) is 0 Å². The summed E-state index contributed by atoms with van der Waals surface area (Å²) in [5.74, 6) is 1.89. The van der Waals surface area contributed by atoms with Gasteiger partial charge < -0.3 is 4.57 Å². The number of hydrogen-bond acceptors (Lipinski definition) is 4. The van der Waals surface area contributed by atoms with Crippen LogP contribution >= 0.6 is 7.14 Å². The molecule has 0 spiro atoms. The topological polar surface area (TPSA) is 55.7 Å². The van der Waals surface area contributed by atoms with Gasteiger partial charge in [0.15, 0.2) is 24.6 Å². The standard InChI is InChI=1S/C69H54N3OP/c73-74(61-25-10-3-11-26-61,62-27-12-4-13-28-62)63-45-41-52(42-46-63)58-23-18-24-60(49-58)69(47-16-5-17-48-69)59-43-39-57(40-44-59)68-71-66(55-35-31-51(32-36-55)50-19-6-1-7-20-50)70-67(72-68)56-37-33-54(34-38-56)65-30-15-14-29-64(65)53-21-8-2-9-22-53/h1-4,6-15,18-46,49H,5,16-17,47-48H2. The van der Waals surface area contributed by atoms with Crippen molar-refractivity contribution in [2.24, 2.45) is 0 Å². The summed E-state index contributed by atoms with van der Waals surface area (Å²) in [6.07, 6.45) is 5.69. The van der Waals surface area contributed by atoms with E-state index < -0.39 is 7.14 Å². The van der Waals surface area contributed by atoms with Crippen LogP contribution in [0.15, 0.2) is 267 Å². The Morgan fingerprint density at radius 3 is 1.15 bits per heavy atom. The highest BCUT2D eigenvalue weighted by Gasteiger charge is 2.36. The molecule has 1 aliphatic carbocycles. The Kier molecular flexibility index (Phi) is 12.9. The molecule has 0 aliphatic heterocycles. The van der Waals surface area contributed by atoms with E-state index >= 15 is 4.57 Å². The van der Waals surface area contributed by atoms with Crippen LogP contribution in [0.4, 0.5) is 0 Å². The van der Waals surface area contributed by atoms with Crippen molar-refractivity contribution in [2.75, 3.05) is 0 Å². The van der Waals surface area contributed by atoms with Crippen molar-refractivity contribution in [1.82, 2.24) is 15.0 Å². The minimum atomic E-state index is -3.08. The molecule has 74 heavy (non-hydrogen) atoms. The first-order valence-corrected chi connectivity index (χ1v) is 27.4. The zero-order valence-electron chi connectivity index (χ0n) is 41.1. The molecule has 11 aromatic rings. The molecule has 4 nitrogen and oxygen atoms in total. The monoisotopic (exact) mass is 971 g/mol. The van der Waals surface area contributed by atoms with Crippen molar-refractivity contribution in [1.29, 1.82) is 0 Å². The van der Waals surface area contributed by atoms with Crippen LogP contribution in [0.25, 0.3) is 78.7 Å². The molecular weight excluding hydrogens is 918 g/mol. The molecule has 0 atom stereocenters. The first-order valence-electron chi connectivity index (χ1n) is 25.7. The molecule has 0 bridgehead atoms. The lowest BCUT2D eigenvalue weighted by Gasteiger charge is -2.39. The quantitative estimate of drug-likeness (QED) is 0.114. The summed E-state index contributed by atoms with van der Waals surface area (Å²) in [6.45, 7) is 0. The van der Waals surface area contributed by atoms with E-state index in [0.717, 1.165) is 86.1 Å². The van der Waals surface area contributed by atoms with Gasteiger partial charge in [-0.3, -0.25) is 0 Å². The van der Waals surface area contributed by atoms with Crippen LogP contribution in [0.3, 0.4) is 0 Å². The summed E-state index contributed by atoms with van der Waals surface area (Å²) in [7, 11) is -3.08. The Morgan fingerprint density at radius 2 is 0.635 bits per heavy atom. The molecule has 12 rings (SSSR count). The first-order chi connectivity index (χ1) is 36.5. The average Bonchev–Trinajstić information content (AvgIpc) is 3.50. The van der Waals surface area contributed by atoms with Gasteiger partial charge in [0, 0.05) is 38.0 Å². The van der Waals surface area contributed by atoms with Crippen LogP contribution in [0, 0.1) is 0 Å². The molecule has 0 unspecified atom stereocenters. The van der Waals surface area contributed by atoms with Gasteiger partial charge in [-0.25, -0.2) is 15.0 Å². The third-order valence-electron chi connectivity index (χ3n) is 15.0. The first kappa shape index (κ1) is 46.5. The lowest BCUT2D eigenvalue weighted by Crippen LogP contribution is -2.30. The van der Waals surface area contributed by atoms with Gasteiger partial charge in [0.25, 0.3) is 0 Å². The lowest BCUT2D eigenvalue weighted by atomic mass is 9.65. The minimum absolute atomic E-state index is 0.153. The van der Waals surface area contributed by atoms with E-state index in [9.17, 15) is 0 Å². The smallest absolute Gasteiger partial charge is 0.171 e. The van der Waals surface area contributed by atoms with Gasteiger partial charge in [-0.05, 0) is 68.5 Å². The number of aromatic nitrogens is 3. The van der Waals surface area contributed by atoms with E-state index in [1.54, 1.807) is 0 Å². The van der Waals surface area contributed by atoms with Crippen LogP contribution in [-0.2, 0) is 9.98 Å². The molecule has 0 saturated heterocycles. The fourth-order valence-corrected chi connectivity index (χ4v) is 13.7. The molecule has 1 aromatic heterocycles. The Hall–Kier alpha value is -8.56. The number of benzene rings is 10. The van der Waals surface area contributed by atoms with Crippen molar-refractivity contribution in [2.45, 2.75) is 37.5 Å². The Balaban J connectivity index is 0.882. The van der Waals surface area contributed by atoms with E-state index in [0.29, 0.717) is 17.5 Å². The van der Waals surface area contributed by atoms with Gasteiger partial charge in [0.05, 0.1) is 0 Å². The molecule has 356 valence electrons. The number of nitrogens with zero attached hydrogens (tertiary/aromatic N) is 3. The maximum Gasteiger partial charge on any atom is 0.171 e. The van der Waals surface area contributed by atoms with Gasteiger partial charge >= 0.3 is 0 Å². The molecule has 1 heterocycles. The van der Waals surface area contributed by atoms with Crippen molar-refractivity contribution in [3.8, 4) is 78.7 Å². The second-order valence-corrected chi connectivity index (χ2v) is 22.1. The predicted octanol–water partition coefficient (Wildman–Crippen LogP) is 16.4. The SMILES string of the molecule is O=P(c1ccccc1)(c1ccccc1)c1ccc(-c2cccc(C3(c4ccc(-c5nc(-c6ccc(-c7ccccc7)cc6)nc(-c6ccc(-c7ccccc7-c7ccccc7)cc6)n5)cc4)CCCCC3)c2)cc1. The molecule has 1 fully saturated rings. The van der Waals surface area contributed by atoms with Gasteiger partial charge in [0.2, 0.25) is 0 Å². The summed E-state index contributed by atoms with van der Waals surface area (Å²) in [6, 6.07) is 93.0.